The van der Waals surface area contributed by atoms with Crippen LogP contribution in [0.25, 0.3) is 6.08 Å². The number of hydrogen-bond acceptors (Lipinski definition) is 5. The molecular formula is C13H9F6O5S2-. The molecule has 0 amide bonds. The number of carbonyl (C=O) groups excluding carboxylic acids is 1. The first-order valence-electron chi connectivity index (χ1n) is 6.35. The van der Waals surface area contributed by atoms with Crippen LogP contribution >= 0.6 is 0 Å². The first kappa shape index (κ1) is 22.2. The van der Waals surface area contributed by atoms with Crippen molar-refractivity contribution >= 4 is 31.5 Å². The molecule has 146 valence electrons. The van der Waals surface area contributed by atoms with Gasteiger partial charge in [0.05, 0.1) is 0 Å². The van der Waals surface area contributed by atoms with Gasteiger partial charge < -0.3 is 0 Å². The molecule has 0 aromatic heterocycles. The number of allylic oxidation sites excluding steroid dienone is 1. The zero-order chi connectivity index (χ0) is 20.4. The second-order valence-corrected chi connectivity index (χ2v) is 8.84. The second kappa shape index (κ2) is 7.39. The first-order chi connectivity index (χ1) is 11.6. The summed E-state index contributed by atoms with van der Waals surface area (Å²) < 4.78 is 117. The van der Waals surface area contributed by atoms with Gasteiger partial charge in [-0.25, -0.2) is 0 Å². The SMILES string of the molecule is O=C(/C=C/c1ccccc1)C[C-](S(=O)(=O)C(F)(F)F)S(=O)(=O)C(F)(F)F. The fourth-order valence-electron chi connectivity index (χ4n) is 1.55. The molecule has 0 aliphatic rings. The monoisotopic (exact) mass is 423 g/mol. The highest BCUT2D eigenvalue weighted by Crippen LogP contribution is 2.42. The molecule has 0 N–H and O–H groups in total. The maximum Gasteiger partial charge on any atom is 0.469 e. The molecule has 0 saturated carbocycles. The molecule has 0 aliphatic carbocycles. The normalized spacial score (nSPS) is 14.1. The van der Waals surface area contributed by atoms with E-state index in [1.807, 2.05) is 0 Å². The van der Waals surface area contributed by atoms with Gasteiger partial charge in [-0.1, -0.05) is 42.8 Å². The van der Waals surface area contributed by atoms with Gasteiger partial charge in [-0.3, -0.25) is 21.6 Å². The fraction of sp³-hybridized carbons (Fsp3) is 0.231. The Balaban J connectivity index is 3.28. The average Bonchev–Trinajstić information content (AvgIpc) is 2.49. The van der Waals surface area contributed by atoms with E-state index in [4.69, 9.17) is 0 Å². The summed E-state index contributed by atoms with van der Waals surface area (Å²) in [4.78, 5) is 11.6. The molecule has 13 heteroatoms. The number of halogens is 6. The summed E-state index contributed by atoms with van der Waals surface area (Å²) in [7, 11) is -13.8. The van der Waals surface area contributed by atoms with Crippen LogP contribution in [0.5, 0.6) is 0 Å². The summed E-state index contributed by atoms with van der Waals surface area (Å²) in [6.07, 6.45) is -0.666. The average molecular weight is 423 g/mol. The standard InChI is InChI=1S/C13H9F6O5S2/c14-12(15,16)25(21,22)11(26(23,24)13(17,18)19)8-10(20)7-6-9-4-2-1-3-5-9/h1-7H,8H2/q-1/b7-6+. The predicted octanol–water partition coefficient (Wildman–Crippen LogP) is 3.02. The number of benzene rings is 1. The Labute approximate surface area is 144 Å². The predicted molar refractivity (Wildman–Crippen MR) is 78.3 cm³/mol. The van der Waals surface area contributed by atoms with E-state index < -0.39 is 47.5 Å². The molecular weight excluding hydrogens is 414 g/mol. The smallest absolute Gasteiger partial charge is 0.298 e. The topological polar surface area (TPSA) is 85.3 Å². The molecule has 0 fully saturated rings. The van der Waals surface area contributed by atoms with Gasteiger partial charge >= 0.3 is 11.0 Å². The maximum atomic E-state index is 12.5. The highest BCUT2D eigenvalue weighted by Gasteiger charge is 2.53. The van der Waals surface area contributed by atoms with Crippen LogP contribution in [0.4, 0.5) is 26.3 Å². The van der Waals surface area contributed by atoms with Gasteiger partial charge in [0.25, 0.3) is 0 Å². The lowest BCUT2D eigenvalue weighted by molar-refractivity contribution is -0.114. The molecule has 5 nitrogen and oxygen atoms in total. The molecule has 1 aromatic rings. The molecule has 0 bridgehead atoms. The minimum atomic E-state index is -6.90. The quantitative estimate of drug-likeness (QED) is 0.399. The highest BCUT2D eigenvalue weighted by atomic mass is 32.3. The van der Waals surface area contributed by atoms with Gasteiger partial charge in [-0.15, -0.1) is 0 Å². The van der Waals surface area contributed by atoms with E-state index in [1.165, 1.54) is 24.3 Å². The number of carbonyl (C=O) groups is 1. The Hall–Kier alpha value is -1.89. The molecule has 0 unspecified atom stereocenters. The van der Waals surface area contributed by atoms with Crippen LogP contribution in [0.3, 0.4) is 0 Å². The summed E-state index contributed by atoms with van der Waals surface area (Å²) in [5.74, 6) is -1.58. The van der Waals surface area contributed by atoms with Crippen LogP contribution in [0.2, 0.25) is 0 Å². The Morgan fingerprint density at radius 2 is 1.31 bits per heavy atom. The van der Waals surface area contributed by atoms with Crippen molar-refractivity contribution in [1.29, 1.82) is 0 Å². The third-order valence-corrected chi connectivity index (χ3v) is 6.81. The molecule has 0 aliphatic heterocycles. The highest BCUT2D eigenvalue weighted by molar-refractivity contribution is 8.13. The van der Waals surface area contributed by atoms with Gasteiger partial charge in [0, 0.05) is 0 Å². The minimum Gasteiger partial charge on any atom is -0.298 e. The summed E-state index contributed by atoms with van der Waals surface area (Å²) in [6, 6.07) is 7.44. The lowest BCUT2D eigenvalue weighted by Gasteiger charge is -2.30. The zero-order valence-corrected chi connectivity index (χ0v) is 14.0. The zero-order valence-electron chi connectivity index (χ0n) is 12.4. The Morgan fingerprint density at radius 3 is 1.69 bits per heavy atom. The van der Waals surface area contributed by atoms with Crippen molar-refractivity contribution in [3.8, 4) is 0 Å². The van der Waals surface area contributed by atoms with Crippen molar-refractivity contribution in [3.05, 3.63) is 46.6 Å². The lowest BCUT2D eigenvalue weighted by Crippen LogP contribution is -2.40. The third kappa shape index (κ3) is 4.84. The van der Waals surface area contributed by atoms with Crippen molar-refractivity contribution < 1.29 is 48.0 Å². The molecule has 0 atom stereocenters. The maximum absolute atomic E-state index is 12.5. The van der Waals surface area contributed by atoms with Gasteiger partial charge in [0.15, 0.2) is 0 Å². The number of rotatable bonds is 6. The van der Waals surface area contributed by atoms with Crippen molar-refractivity contribution in [1.82, 2.24) is 0 Å². The molecule has 1 aromatic carbocycles. The summed E-state index contributed by atoms with van der Waals surface area (Å²) >= 11 is 0. The van der Waals surface area contributed by atoms with E-state index in [1.54, 1.807) is 6.07 Å². The summed E-state index contributed by atoms with van der Waals surface area (Å²) in [6.45, 7) is 0. The van der Waals surface area contributed by atoms with E-state index >= 15 is 0 Å². The van der Waals surface area contributed by atoms with Crippen LogP contribution in [0.15, 0.2) is 36.4 Å². The molecule has 0 radical (unpaired) electrons. The van der Waals surface area contributed by atoms with Gasteiger partial charge in [0.2, 0.25) is 0 Å². The van der Waals surface area contributed by atoms with Crippen LogP contribution < -0.4 is 0 Å². The lowest BCUT2D eigenvalue weighted by atomic mass is 10.2. The Kier molecular flexibility index (Phi) is 6.29. The molecule has 26 heavy (non-hydrogen) atoms. The first-order valence-corrected chi connectivity index (χ1v) is 9.32. The minimum absolute atomic E-state index is 0.319. The molecule has 0 heterocycles. The molecule has 1 rings (SSSR count). The number of alkyl halides is 6. The van der Waals surface area contributed by atoms with Gasteiger partial charge in [-0.2, -0.15) is 26.3 Å². The van der Waals surface area contributed by atoms with Crippen LogP contribution in [0, 0.1) is 4.58 Å². The van der Waals surface area contributed by atoms with Crippen molar-refractivity contribution in [2.75, 3.05) is 0 Å². The number of sulfone groups is 2. The van der Waals surface area contributed by atoms with E-state index in [0.717, 1.165) is 6.08 Å². The van der Waals surface area contributed by atoms with E-state index in [2.05, 4.69) is 0 Å². The largest absolute Gasteiger partial charge is 0.469 e. The van der Waals surface area contributed by atoms with Gasteiger partial charge in [0.1, 0.15) is 25.5 Å². The molecule has 0 spiro atoms. The Bertz CT molecular complexity index is 839. The van der Waals surface area contributed by atoms with E-state index in [0.29, 0.717) is 11.6 Å². The van der Waals surface area contributed by atoms with Crippen LogP contribution in [0.1, 0.15) is 12.0 Å². The van der Waals surface area contributed by atoms with Crippen molar-refractivity contribution in [3.63, 3.8) is 0 Å². The van der Waals surface area contributed by atoms with Gasteiger partial charge in [-0.05, 0) is 16.2 Å². The van der Waals surface area contributed by atoms with E-state index in [9.17, 15) is 48.0 Å². The number of ketones is 1. The summed E-state index contributed by atoms with van der Waals surface area (Å²) in [5, 5.41) is 0. The number of hydrogen-bond donors (Lipinski definition) is 0. The van der Waals surface area contributed by atoms with E-state index in [-0.39, 0.29) is 0 Å². The van der Waals surface area contributed by atoms with Crippen LogP contribution in [-0.2, 0) is 24.5 Å². The Morgan fingerprint density at radius 1 is 0.885 bits per heavy atom. The molecule has 0 saturated heterocycles. The second-order valence-electron chi connectivity index (χ2n) is 4.66. The third-order valence-electron chi connectivity index (χ3n) is 2.79. The van der Waals surface area contributed by atoms with Crippen molar-refractivity contribution in [2.45, 2.75) is 17.4 Å². The van der Waals surface area contributed by atoms with Crippen LogP contribution in [-0.4, -0.2) is 33.6 Å². The fourth-order valence-corrected chi connectivity index (χ4v) is 4.45. The van der Waals surface area contributed by atoms with Crippen molar-refractivity contribution in [2.24, 2.45) is 0 Å². The summed E-state index contributed by atoms with van der Waals surface area (Å²) in [5.41, 5.74) is -12.3.